The van der Waals surface area contributed by atoms with E-state index in [0.29, 0.717) is 13.1 Å². The minimum atomic E-state index is 0.0716. The molecule has 1 saturated heterocycles. The van der Waals surface area contributed by atoms with Crippen LogP contribution in [-0.2, 0) is 11.3 Å². The van der Waals surface area contributed by atoms with Gasteiger partial charge in [-0.15, -0.1) is 11.3 Å². The number of hydrogen-bond donors (Lipinski definition) is 1. The number of nitrogens with one attached hydrogen (secondary N) is 1. The lowest BCUT2D eigenvalue weighted by Crippen LogP contribution is -2.49. The van der Waals surface area contributed by atoms with Crippen molar-refractivity contribution in [3.05, 3.63) is 40.2 Å². The van der Waals surface area contributed by atoms with Gasteiger partial charge in [-0.05, 0) is 32.1 Å². The van der Waals surface area contributed by atoms with Crippen molar-refractivity contribution in [2.24, 2.45) is 0 Å². The molecule has 1 fully saturated rings. The van der Waals surface area contributed by atoms with E-state index >= 15 is 0 Å². The van der Waals surface area contributed by atoms with Gasteiger partial charge < -0.3 is 9.73 Å². The minimum Gasteiger partial charge on any atom is -0.468 e. The maximum absolute atomic E-state index is 12.5. The summed E-state index contributed by atoms with van der Waals surface area (Å²) in [6, 6.07) is 3.96. The van der Waals surface area contributed by atoms with Gasteiger partial charge in [-0.3, -0.25) is 19.5 Å². The van der Waals surface area contributed by atoms with Crippen LogP contribution in [0.5, 0.6) is 0 Å². The lowest BCUT2D eigenvalue weighted by molar-refractivity contribution is -0.123. The van der Waals surface area contributed by atoms with Crippen molar-refractivity contribution in [1.82, 2.24) is 25.0 Å². The maximum atomic E-state index is 12.5. The summed E-state index contributed by atoms with van der Waals surface area (Å²) in [6.45, 7) is 13.8. The molecular weight excluding hydrogens is 386 g/mol. The van der Waals surface area contributed by atoms with E-state index in [1.807, 2.05) is 19.1 Å². The fourth-order valence-electron chi connectivity index (χ4n) is 3.84. The summed E-state index contributed by atoms with van der Waals surface area (Å²) in [7, 11) is 0. The Bertz CT molecular complexity index is 736. The van der Waals surface area contributed by atoms with Crippen LogP contribution in [-0.4, -0.2) is 77.9 Å². The highest BCUT2D eigenvalue weighted by Gasteiger charge is 2.23. The van der Waals surface area contributed by atoms with E-state index in [0.717, 1.165) is 62.3 Å². The molecule has 1 unspecified atom stereocenters. The van der Waals surface area contributed by atoms with Gasteiger partial charge in [0.1, 0.15) is 5.76 Å². The van der Waals surface area contributed by atoms with Crippen LogP contribution in [0, 0.1) is 6.92 Å². The topological polar surface area (TPSA) is 64.9 Å². The zero-order valence-electron chi connectivity index (χ0n) is 17.8. The standard InChI is InChI=1S/C21H33N5O2S/c1-4-26(5-2)19(20-7-6-12-28-20)13-22-21(27)15-25-10-8-24(9-11-25)14-18-16-29-17(3)23-18/h6-7,12,16,19H,4-5,8-11,13-15H2,1-3H3,(H,22,27). The van der Waals surface area contributed by atoms with Crippen LogP contribution >= 0.6 is 11.3 Å². The average molecular weight is 420 g/mol. The van der Waals surface area contributed by atoms with E-state index < -0.39 is 0 Å². The third kappa shape index (κ3) is 6.37. The molecule has 8 heteroatoms. The third-order valence-corrected chi connectivity index (χ3v) is 6.32. The van der Waals surface area contributed by atoms with E-state index in [-0.39, 0.29) is 11.9 Å². The number of hydrogen-bond acceptors (Lipinski definition) is 7. The van der Waals surface area contributed by atoms with Gasteiger partial charge in [0.25, 0.3) is 0 Å². The van der Waals surface area contributed by atoms with Gasteiger partial charge in [0.05, 0.1) is 29.6 Å². The average Bonchev–Trinajstić information content (AvgIpc) is 3.38. The van der Waals surface area contributed by atoms with Crippen molar-refractivity contribution in [3.8, 4) is 0 Å². The molecule has 3 rings (SSSR count). The minimum absolute atomic E-state index is 0.0716. The summed E-state index contributed by atoms with van der Waals surface area (Å²) in [4.78, 5) is 24.0. The lowest BCUT2D eigenvalue weighted by atomic mass is 10.2. The number of nitrogens with zero attached hydrogens (tertiary/aromatic N) is 4. The second-order valence-corrected chi connectivity index (χ2v) is 8.53. The molecule has 1 amide bonds. The van der Waals surface area contributed by atoms with Crippen LogP contribution < -0.4 is 5.32 Å². The van der Waals surface area contributed by atoms with Crippen LogP contribution in [0.1, 0.15) is 36.4 Å². The normalized spacial score (nSPS) is 17.0. The Kier molecular flexibility index (Phi) is 8.23. The number of carbonyl (C=O) groups excluding carboxylic acids is 1. The summed E-state index contributed by atoms with van der Waals surface area (Å²) < 4.78 is 5.61. The Hall–Kier alpha value is -1.74. The Balaban J connectivity index is 1.42. The molecule has 1 atom stereocenters. The summed E-state index contributed by atoms with van der Waals surface area (Å²) in [5, 5.41) is 6.37. The van der Waals surface area contributed by atoms with Gasteiger partial charge in [-0.2, -0.15) is 0 Å². The number of thiazole rings is 1. The maximum Gasteiger partial charge on any atom is 0.234 e. The number of aryl methyl sites for hydroxylation is 1. The Morgan fingerprint density at radius 2 is 2.00 bits per heavy atom. The molecule has 0 aromatic carbocycles. The molecule has 0 radical (unpaired) electrons. The van der Waals surface area contributed by atoms with Gasteiger partial charge in [0, 0.05) is 44.6 Å². The number of aromatic nitrogens is 1. The monoisotopic (exact) mass is 419 g/mol. The molecule has 0 saturated carbocycles. The first-order chi connectivity index (χ1) is 14.1. The highest BCUT2D eigenvalue weighted by molar-refractivity contribution is 7.09. The molecule has 2 aromatic heterocycles. The first-order valence-corrected chi connectivity index (χ1v) is 11.4. The fraction of sp³-hybridized carbons (Fsp3) is 0.619. The number of piperazine rings is 1. The predicted molar refractivity (Wildman–Crippen MR) is 116 cm³/mol. The molecule has 7 nitrogen and oxygen atoms in total. The first kappa shape index (κ1) is 22.0. The number of likely N-dealkylation sites (N-methyl/N-ethyl adjacent to an activating group) is 1. The van der Waals surface area contributed by atoms with Gasteiger partial charge in [0.2, 0.25) is 5.91 Å². The third-order valence-electron chi connectivity index (χ3n) is 5.50. The Morgan fingerprint density at radius 1 is 1.28 bits per heavy atom. The SMILES string of the molecule is CCN(CC)C(CNC(=O)CN1CCN(Cc2csc(C)n2)CC1)c1ccco1. The molecule has 160 valence electrons. The molecule has 1 N–H and O–H groups in total. The van der Waals surface area contributed by atoms with E-state index in [1.54, 1.807) is 17.6 Å². The Labute approximate surface area is 177 Å². The molecule has 0 aliphatic carbocycles. The smallest absolute Gasteiger partial charge is 0.234 e. The van der Waals surface area contributed by atoms with Crippen molar-refractivity contribution in [2.45, 2.75) is 33.4 Å². The van der Waals surface area contributed by atoms with Crippen LogP contribution in [0.25, 0.3) is 0 Å². The highest BCUT2D eigenvalue weighted by Crippen LogP contribution is 2.20. The predicted octanol–water partition coefficient (Wildman–Crippen LogP) is 2.36. The summed E-state index contributed by atoms with van der Waals surface area (Å²) in [6.07, 6.45) is 1.69. The van der Waals surface area contributed by atoms with Crippen molar-refractivity contribution >= 4 is 17.2 Å². The quantitative estimate of drug-likeness (QED) is 0.638. The lowest BCUT2D eigenvalue weighted by Gasteiger charge is -2.34. The summed E-state index contributed by atoms with van der Waals surface area (Å²) in [5.74, 6) is 0.983. The van der Waals surface area contributed by atoms with Gasteiger partial charge >= 0.3 is 0 Å². The number of carbonyl (C=O) groups is 1. The molecular formula is C21H33N5O2S. The van der Waals surface area contributed by atoms with Gasteiger partial charge in [0.15, 0.2) is 0 Å². The van der Waals surface area contributed by atoms with Gasteiger partial charge in [-0.25, -0.2) is 4.98 Å². The summed E-state index contributed by atoms with van der Waals surface area (Å²) in [5.41, 5.74) is 1.15. The van der Waals surface area contributed by atoms with E-state index in [2.05, 4.69) is 44.2 Å². The number of rotatable bonds is 10. The van der Waals surface area contributed by atoms with Crippen molar-refractivity contribution in [3.63, 3.8) is 0 Å². The number of furan rings is 1. The Morgan fingerprint density at radius 3 is 2.59 bits per heavy atom. The zero-order chi connectivity index (χ0) is 20.6. The highest BCUT2D eigenvalue weighted by atomic mass is 32.1. The van der Waals surface area contributed by atoms with Crippen molar-refractivity contribution in [2.75, 3.05) is 52.4 Å². The summed E-state index contributed by atoms with van der Waals surface area (Å²) >= 11 is 1.70. The van der Waals surface area contributed by atoms with E-state index in [9.17, 15) is 4.79 Å². The van der Waals surface area contributed by atoms with Crippen LogP contribution in [0.4, 0.5) is 0 Å². The van der Waals surface area contributed by atoms with Crippen molar-refractivity contribution < 1.29 is 9.21 Å². The number of amides is 1. The van der Waals surface area contributed by atoms with E-state index in [1.165, 1.54) is 0 Å². The second-order valence-electron chi connectivity index (χ2n) is 7.47. The van der Waals surface area contributed by atoms with Gasteiger partial charge in [-0.1, -0.05) is 13.8 Å². The van der Waals surface area contributed by atoms with Crippen molar-refractivity contribution in [1.29, 1.82) is 0 Å². The molecule has 1 aliphatic heterocycles. The largest absolute Gasteiger partial charge is 0.468 e. The first-order valence-electron chi connectivity index (χ1n) is 10.5. The second kappa shape index (κ2) is 10.9. The molecule has 3 heterocycles. The van der Waals surface area contributed by atoms with Crippen LogP contribution in [0.3, 0.4) is 0 Å². The molecule has 2 aromatic rings. The van der Waals surface area contributed by atoms with Crippen LogP contribution in [0.2, 0.25) is 0 Å². The molecule has 0 spiro atoms. The molecule has 1 aliphatic rings. The van der Waals surface area contributed by atoms with Crippen LogP contribution in [0.15, 0.2) is 28.2 Å². The zero-order valence-corrected chi connectivity index (χ0v) is 18.6. The molecule has 0 bridgehead atoms. The fourth-order valence-corrected chi connectivity index (χ4v) is 4.44. The molecule has 29 heavy (non-hydrogen) atoms. The van der Waals surface area contributed by atoms with E-state index in [4.69, 9.17) is 4.42 Å².